The second kappa shape index (κ2) is 4.07. The summed E-state index contributed by atoms with van der Waals surface area (Å²) in [6, 6.07) is 7.95. The number of para-hydroxylation sites is 1. The zero-order chi connectivity index (χ0) is 9.80. The summed E-state index contributed by atoms with van der Waals surface area (Å²) in [5.41, 5.74) is 3.04. The van der Waals surface area contributed by atoms with Gasteiger partial charge in [-0.1, -0.05) is 18.2 Å². The number of fused-ring (bicyclic) bond motifs is 1. The molecule has 72 valence electrons. The third kappa shape index (κ3) is 1.83. The zero-order valence-electron chi connectivity index (χ0n) is 7.77. The van der Waals surface area contributed by atoms with E-state index in [0.717, 1.165) is 16.9 Å². The van der Waals surface area contributed by atoms with Crippen LogP contribution in [0, 0.1) is 0 Å². The maximum Gasteiger partial charge on any atom is 0.0486 e. The van der Waals surface area contributed by atoms with E-state index in [-0.39, 0.29) is 6.61 Å². The van der Waals surface area contributed by atoms with Gasteiger partial charge in [-0.25, -0.2) is 0 Å². The summed E-state index contributed by atoms with van der Waals surface area (Å²) in [5.74, 6) is 0. The first-order chi connectivity index (χ1) is 6.90. The van der Waals surface area contributed by atoms with E-state index in [0.29, 0.717) is 6.42 Å². The van der Waals surface area contributed by atoms with Crippen LogP contribution in [-0.2, 0) is 0 Å². The number of aliphatic imine (C=N–C) groups is 1. The van der Waals surface area contributed by atoms with E-state index in [1.807, 2.05) is 30.5 Å². The Morgan fingerprint density at radius 2 is 2.14 bits per heavy atom. The standard InChI is InChI=1S/C11H12N2O/c14-6-5-10-8-12-7-9-3-1-2-4-11(9)13-10/h1-4,7-8,13-14H,5-6H2. The predicted octanol–water partition coefficient (Wildman–Crippen LogP) is 1.75. The molecule has 0 fully saturated rings. The van der Waals surface area contributed by atoms with Gasteiger partial charge < -0.3 is 10.4 Å². The van der Waals surface area contributed by atoms with Crippen LogP contribution in [0.3, 0.4) is 0 Å². The minimum absolute atomic E-state index is 0.135. The van der Waals surface area contributed by atoms with Crippen molar-refractivity contribution in [3.05, 3.63) is 41.7 Å². The van der Waals surface area contributed by atoms with Crippen molar-refractivity contribution in [3.8, 4) is 0 Å². The summed E-state index contributed by atoms with van der Waals surface area (Å²) in [7, 11) is 0. The molecule has 0 bridgehead atoms. The molecule has 3 nitrogen and oxygen atoms in total. The molecule has 2 rings (SSSR count). The Hall–Kier alpha value is -1.61. The molecule has 1 aromatic rings. The fraction of sp³-hybridized carbons (Fsp3) is 0.182. The van der Waals surface area contributed by atoms with Gasteiger partial charge in [-0.2, -0.15) is 0 Å². The highest BCUT2D eigenvalue weighted by Crippen LogP contribution is 2.18. The van der Waals surface area contributed by atoms with Crippen LogP contribution in [0.25, 0.3) is 0 Å². The molecule has 1 aliphatic heterocycles. The average Bonchev–Trinajstić information content (AvgIpc) is 2.40. The van der Waals surface area contributed by atoms with Gasteiger partial charge in [-0.3, -0.25) is 4.99 Å². The van der Waals surface area contributed by atoms with Gasteiger partial charge >= 0.3 is 0 Å². The van der Waals surface area contributed by atoms with Crippen molar-refractivity contribution in [1.29, 1.82) is 0 Å². The van der Waals surface area contributed by atoms with Crippen LogP contribution in [0.5, 0.6) is 0 Å². The molecule has 2 N–H and O–H groups in total. The Morgan fingerprint density at radius 1 is 1.29 bits per heavy atom. The Morgan fingerprint density at radius 3 is 3.00 bits per heavy atom. The van der Waals surface area contributed by atoms with Crippen LogP contribution in [0.2, 0.25) is 0 Å². The lowest BCUT2D eigenvalue weighted by atomic mass is 10.2. The molecule has 1 aliphatic rings. The van der Waals surface area contributed by atoms with E-state index >= 15 is 0 Å². The number of hydrogen-bond donors (Lipinski definition) is 2. The number of aliphatic hydroxyl groups is 1. The maximum atomic E-state index is 8.83. The second-order valence-corrected chi connectivity index (χ2v) is 3.12. The molecule has 1 heterocycles. The van der Waals surface area contributed by atoms with Crippen molar-refractivity contribution in [2.45, 2.75) is 6.42 Å². The van der Waals surface area contributed by atoms with E-state index in [1.54, 1.807) is 6.20 Å². The summed E-state index contributed by atoms with van der Waals surface area (Å²) in [4.78, 5) is 4.15. The van der Waals surface area contributed by atoms with Gasteiger partial charge in [0, 0.05) is 42.4 Å². The number of aliphatic hydroxyl groups excluding tert-OH is 1. The number of nitrogens with one attached hydrogen (secondary N) is 1. The molecule has 0 saturated carbocycles. The summed E-state index contributed by atoms with van der Waals surface area (Å²) in [6.45, 7) is 0.135. The molecule has 14 heavy (non-hydrogen) atoms. The minimum atomic E-state index is 0.135. The van der Waals surface area contributed by atoms with Crippen molar-refractivity contribution >= 4 is 11.9 Å². The molecular weight excluding hydrogens is 176 g/mol. The molecule has 0 saturated heterocycles. The highest BCUT2D eigenvalue weighted by Gasteiger charge is 2.04. The highest BCUT2D eigenvalue weighted by atomic mass is 16.3. The van der Waals surface area contributed by atoms with Crippen molar-refractivity contribution < 1.29 is 5.11 Å². The predicted molar refractivity (Wildman–Crippen MR) is 57.4 cm³/mol. The van der Waals surface area contributed by atoms with Gasteiger partial charge in [0.15, 0.2) is 0 Å². The van der Waals surface area contributed by atoms with Gasteiger partial charge in [-0.15, -0.1) is 0 Å². The Balaban J connectivity index is 2.28. The summed E-state index contributed by atoms with van der Waals surface area (Å²) < 4.78 is 0. The van der Waals surface area contributed by atoms with Crippen LogP contribution in [0.15, 0.2) is 41.2 Å². The third-order valence-electron chi connectivity index (χ3n) is 2.08. The van der Waals surface area contributed by atoms with Crippen LogP contribution in [0.4, 0.5) is 5.69 Å². The smallest absolute Gasteiger partial charge is 0.0486 e. The van der Waals surface area contributed by atoms with Crippen LogP contribution < -0.4 is 5.32 Å². The van der Waals surface area contributed by atoms with Gasteiger partial charge in [0.2, 0.25) is 0 Å². The Bertz CT molecular complexity index is 383. The molecular formula is C11H12N2O. The van der Waals surface area contributed by atoms with E-state index in [1.165, 1.54) is 0 Å². The molecule has 0 amide bonds. The lowest BCUT2D eigenvalue weighted by Gasteiger charge is -2.08. The molecule has 0 aliphatic carbocycles. The summed E-state index contributed by atoms with van der Waals surface area (Å²) in [6.07, 6.45) is 4.16. The van der Waals surface area contributed by atoms with Crippen LogP contribution in [-0.4, -0.2) is 17.9 Å². The zero-order valence-corrected chi connectivity index (χ0v) is 7.77. The van der Waals surface area contributed by atoms with Crippen LogP contribution in [0.1, 0.15) is 12.0 Å². The first-order valence-corrected chi connectivity index (χ1v) is 4.59. The van der Waals surface area contributed by atoms with Gasteiger partial charge in [0.25, 0.3) is 0 Å². The number of rotatable bonds is 2. The topological polar surface area (TPSA) is 44.6 Å². The van der Waals surface area contributed by atoms with E-state index in [9.17, 15) is 0 Å². The molecule has 0 aromatic heterocycles. The summed E-state index contributed by atoms with van der Waals surface area (Å²) >= 11 is 0. The average molecular weight is 188 g/mol. The molecule has 0 radical (unpaired) electrons. The SMILES string of the molecule is OCCC1=CN=Cc2ccccc2N1. The van der Waals surface area contributed by atoms with Crippen molar-refractivity contribution in [3.63, 3.8) is 0 Å². The van der Waals surface area contributed by atoms with E-state index < -0.39 is 0 Å². The number of hydrogen-bond acceptors (Lipinski definition) is 3. The maximum absolute atomic E-state index is 8.83. The number of benzene rings is 1. The fourth-order valence-electron chi connectivity index (χ4n) is 1.38. The first-order valence-electron chi connectivity index (χ1n) is 4.59. The fourth-order valence-corrected chi connectivity index (χ4v) is 1.38. The second-order valence-electron chi connectivity index (χ2n) is 3.12. The van der Waals surface area contributed by atoms with Gasteiger partial charge in [-0.05, 0) is 6.07 Å². The molecule has 0 atom stereocenters. The number of anilines is 1. The molecule has 3 heteroatoms. The Labute approximate surface area is 82.8 Å². The lowest BCUT2D eigenvalue weighted by molar-refractivity contribution is 0.299. The van der Waals surface area contributed by atoms with Gasteiger partial charge in [0.05, 0.1) is 0 Å². The quantitative estimate of drug-likeness (QED) is 0.742. The lowest BCUT2D eigenvalue weighted by Crippen LogP contribution is -2.02. The normalized spacial score (nSPS) is 13.9. The van der Waals surface area contributed by atoms with Gasteiger partial charge in [0.1, 0.15) is 0 Å². The Kier molecular flexibility index (Phi) is 2.60. The van der Waals surface area contributed by atoms with E-state index in [4.69, 9.17) is 5.11 Å². The molecule has 0 unspecified atom stereocenters. The summed E-state index contributed by atoms with van der Waals surface area (Å²) in [5, 5.41) is 12.1. The van der Waals surface area contributed by atoms with Crippen molar-refractivity contribution in [1.82, 2.24) is 0 Å². The van der Waals surface area contributed by atoms with Crippen molar-refractivity contribution in [2.75, 3.05) is 11.9 Å². The van der Waals surface area contributed by atoms with E-state index in [2.05, 4.69) is 10.3 Å². The van der Waals surface area contributed by atoms with Crippen LogP contribution >= 0.6 is 0 Å². The molecule has 1 aromatic carbocycles. The highest BCUT2D eigenvalue weighted by molar-refractivity contribution is 5.89. The largest absolute Gasteiger partial charge is 0.396 e. The monoisotopic (exact) mass is 188 g/mol. The molecule has 0 spiro atoms. The third-order valence-corrected chi connectivity index (χ3v) is 2.08. The minimum Gasteiger partial charge on any atom is -0.396 e. The first kappa shape index (κ1) is 8.97. The number of nitrogens with zero attached hydrogens (tertiary/aromatic N) is 1. The van der Waals surface area contributed by atoms with Crippen molar-refractivity contribution in [2.24, 2.45) is 4.99 Å².